The summed E-state index contributed by atoms with van der Waals surface area (Å²) in [5.74, 6) is -0.480. The van der Waals surface area contributed by atoms with E-state index in [2.05, 4.69) is 34.2 Å². The summed E-state index contributed by atoms with van der Waals surface area (Å²) in [4.78, 5) is 19.6. The number of anilines is 1. The predicted molar refractivity (Wildman–Crippen MR) is 84.1 cm³/mol. The largest absolute Gasteiger partial charge is 0.364 e. The predicted octanol–water partition coefficient (Wildman–Crippen LogP) is 1.50. The zero-order chi connectivity index (χ0) is 14.7. The summed E-state index contributed by atoms with van der Waals surface area (Å²) in [7, 11) is 0. The van der Waals surface area contributed by atoms with Gasteiger partial charge in [0.2, 0.25) is 0 Å². The van der Waals surface area contributed by atoms with Crippen molar-refractivity contribution >= 4 is 17.9 Å². The van der Waals surface area contributed by atoms with Gasteiger partial charge in [-0.2, -0.15) is 0 Å². The number of benzene rings is 1. The summed E-state index contributed by atoms with van der Waals surface area (Å²) < 4.78 is 0. The number of carbonyl (C=O) groups is 1. The highest BCUT2D eigenvalue weighted by atomic mass is 16.1. The van der Waals surface area contributed by atoms with E-state index in [1.54, 1.807) is 12.4 Å². The highest BCUT2D eigenvalue weighted by Crippen LogP contribution is 2.19. The lowest BCUT2D eigenvalue weighted by Gasteiger charge is -2.21. The molecule has 5 heteroatoms. The Hall–Kier alpha value is -2.14. The molecule has 2 aliphatic rings. The first-order valence-corrected chi connectivity index (χ1v) is 7.34. The second kappa shape index (κ2) is 6.10. The Balaban J connectivity index is 1.62. The number of primary amides is 1. The summed E-state index contributed by atoms with van der Waals surface area (Å²) in [6, 6.07) is 8.52. The van der Waals surface area contributed by atoms with Gasteiger partial charge in [0, 0.05) is 18.8 Å². The molecule has 1 fully saturated rings. The van der Waals surface area contributed by atoms with Crippen molar-refractivity contribution in [3.8, 4) is 0 Å². The molecule has 1 aromatic rings. The maximum absolute atomic E-state index is 11.0. The fourth-order valence-corrected chi connectivity index (χ4v) is 2.74. The first-order valence-electron chi connectivity index (χ1n) is 7.34. The fraction of sp³-hybridized carbons (Fsp3) is 0.375. The summed E-state index contributed by atoms with van der Waals surface area (Å²) in [6.07, 6.45) is 6.05. The van der Waals surface area contributed by atoms with E-state index in [-0.39, 0.29) is 0 Å². The number of aliphatic imine (C=N–C) groups is 1. The minimum Gasteiger partial charge on any atom is -0.364 e. The molecule has 110 valence electrons. The molecule has 0 saturated carbocycles. The number of nitrogens with zero attached hydrogens (tertiary/aromatic N) is 3. The molecule has 5 nitrogen and oxygen atoms in total. The van der Waals surface area contributed by atoms with Crippen LogP contribution in [0.3, 0.4) is 0 Å². The first-order chi connectivity index (χ1) is 10.2. The maximum Gasteiger partial charge on any atom is 0.267 e. The van der Waals surface area contributed by atoms with Crippen molar-refractivity contribution in [2.45, 2.75) is 19.4 Å². The molecule has 1 saturated heterocycles. The highest BCUT2D eigenvalue weighted by molar-refractivity contribution is 5.96. The number of rotatable bonds is 4. The van der Waals surface area contributed by atoms with Gasteiger partial charge in [0.25, 0.3) is 5.91 Å². The second-order valence-corrected chi connectivity index (χ2v) is 5.50. The summed E-state index contributed by atoms with van der Waals surface area (Å²) in [6.45, 7) is 4.07. The lowest BCUT2D eigenvalue weighted by molar-refractivity contribution is -0.114. The molecule has 0 bridgehead atoms. The van der Waals surface area contributed by atoms with Crippen LogP contribution in [0.4, 0.5) is 5.69 Å². The van der Waals surface area contributed by atoms with Crippen LogP contribution in [0.5, 0.6) is 0 Å². The van der Waals surface area contributed by atoms with Crippen molar-refractivity contribution in [2.24, 2.45) is 10.7 Å². The summed E-state index contributed by atoms with van der Waals surface area (Å²) >= 11 is 0. The van der Waals surface area contributed by atoms with Crippen LogP contribution in [0.1, 0.15) is 18.4 Å². The Morgan fingerprint density at radius 2 is 1.90 bits per heavy atom. The Morgan fingerprint density at radius 1 is 1.19 bits per heavy atom. The van der Waals surface area contributed by atoms with Gasteiger partial charge >= 0.3 is 0 Å². The number of hydrogen-bond acceptors (Lipinski definition) is 4. The van der Waals surface area contributed by atoms with E-state index in [1.165, 1.54) is 31.5 Å². The van der Waals surface area contributed by atoms with Crippen molar-refractivity contribution in [1.82, 2.24) is 4.90 Å². The monoisotopic (exact) mass is 284 g/mol. The molecule has 1 aromatic carbocycles. The van der Waals surface area contributed by atoms with Gasteiger partial charge in [0.1, 0.15) is 5.70 Å². The number of likely N-dealkylation sites (tertiary alicyclic amines) is 1. The molecule has 2 aliphatic heterocycles. The highest BCUT2D eigenvalue weighted by Gasteiger charge is 2.13. The third-order valence-corrected chi connectivity index (χ3v) is 3.94. The molecule has 2 N–H and O–H groups in total. The topological polar surface area (TPSA) is 61.9 Å². The lowest BCUT2D eigenvalue weighted by Crippen LogP contribution is -2.27. The molecule has 0 spiro atoms. The number of amides is 1. The molecule has 1 amide bonds. The van der Waals surface area contributed by atoms with Crippen LogP contribution in [0.25, 0.3) is 0 Å². The quantitative estimate of drug-likeness (QED) is 0.911. The number of carbonyl (C=O) groups excluding carboxylic acids is 1. The van der Waals surface area contributed by atoms with E-state index in [9.17, 15) is 4.79 Å². The van der Waals surface area contributed by atoms with Crippen LogP contribution in [0.15, 0.2) is 41.0 Å². The number of hydrogen-bond donors (Lipinski definition) is 1. The van der Waals surface area contributed by atoms with Crippen LogP contribution in [0.2, 0.25) is 0 Å². The van der Waals surface area contributed by atoms with Crippen molar-refractivity contribution in [3.05, 3.63) is 41.6 Å². The van der Waals surface area contributed by atoms with Crippen LogP contribution >= 0.6 is 0 Å². The average Bonchev–Trinajstić information content (AvgIpc) is 3.01. The maximum atomic E-state index is 11.0. The minimum absolute atomic E-state index is 0.330. The molecule has 0 atom stereocenters. The lowest BCUT2D eigenvalue weighted by atomic mass is 10.2. The van der Waals surface area contributed by atoms with Gasteiger partial charge in [-0.25, -0.2) is 4.99 Å². The van der Waals surface area contributed by atoms with Crippen LogP contribution in [-0.4, -0.2) is 36.8 Å². The van der Waals surface area contributed by atoms with E-state index in [1.807, 2.05) is 4.90 Å². The van der Waals surface area contributed by atoms with E-state index >= 15 is 0 Å². The van der Waals surface area contributed by atoms with Gasteiger partial charge in [0.05, 0.1) is 6.34 Å². The third kappa shape index (κ3) is 3.31. The zero-order valence-corrected chi connectivity index (χ0v) is 12.0. The third-order valence-electron chi connectivity index (χ3n) is 3.94. The molecular formula is C16H20N4O. The van der Waals surface area contributed by atoms with E-state index in [0.29, 0.717) is 12.2 Å². The summed E-state index contributed by atoms with van der Waals surface area (Å²) in [5.41, 5.74) is 7.94. The zero-order valence-electron chi connectivity index (χ0n) is 12.0. The standard InChI is InChI=1S/C16H20N4O/c17-16(21)15-7-10-20(12-18-15)14-5-3-13(4-6-14)11-19-8-1-2-9-19/h3-7,12H,1-2,8-11H2,(H2,17,21). The molecule has 0 aliphatic carbocycles. The molecule has 3 rings (SSSR count). The molecule has 2 heterocycles. The number of nitrogens with two attached hydrogens (primary N) is 1. The van der Waals surface area contributed by atoms with Gasteiger partial charge < -0.3 is 10.6 Å². The van der Waals surface area contributed by atoms with Gasteiger partial charge in [0.15, 0.2) is 0 Å². The summed E-state index contributed by atoms with van der Waals surface area (Å²) in [5, 5.41) is 0. The van der Waals surface area contributed by atoms with Crippen LogP contribution < -0.4 is 10.6 Å². The molecule has 0 unspecified atom stereocenters. The minimum atomic E-state index is -0.480. The van der Waals surface area contributed by atoms with Crippen LogP contribution in [-0.2, 0) is 11.3 Å². The van der Waals surface area contributed by atoms with E-state index < -0.39 is 5.91 Å². The molecule has 21 heavy (non-hydrogen) atoms. The molecule has 0 radical (unpaired) electrons. The Kier molecular flexibility index (Phi) is 4.01. The Morgan fingerprint density at radius 3 is 2.48 bits per heavy atom. The van der Waals surface area contributed by atoms with Gasteiger partial charge in [-0.15, -0.1) is 0 Å². The second-order valence-electron chi connectivity index (χ2n) is 5.50. The fourth-order valence-electron chi connectivity index (χ4n) is 2.74. The van der Waals surface area contributed by atoms with Crippen molar-refractivity contribution < 1.29 is 4.79 Å². The van der Waals surface area contributed by atoms with Crippen molar-refractivity contribution in [1.29, 1.82) is 0 Å². The van der Waals surface area contributed by atoms with Gasteiger partial charge in [-0.05, 0) is 49.7 Å². The SMILES string of the molecule is NC(=O)C1=CCN(c2ccc(CN3CCCC3)cc2)C=N1. The molecule has 0 aromatic heterocycles. The normalized spacial score (nSPS) is 18.9. The first kappa shape index (κ1) is 13.8. The van der Waals surface area contributed by atoms with Crippen molar-refractivity contribution in [3.63, 3.8) is 0 Å². The Bertz CT molecular complexity index is 570. The van der Waals surface area contributed by atoms with Crippen LogP contribution in [0, 0.1) is 0 Å². The average molecular weight is 284 g/mol. The van der Waals surface area contributed by atoms with Gasteiger partial charge in [-0.3, -0.25) is 9.69 Å². The van der Waals surface area contributed by atoms with Gasteiger partial charge in [-0.1, -0.05) is 12.1 Å². The van der Waals surface area contributed by atoms with Crippen molar-refractivity contribution in [2.75, 3.05) is 24.5 Å². The Labute approximate surface area is 124 Å². The molecular weight excluding hydrogens is 264 g/mol. The smallest absolute Gasteiger partial charge is 0.267 e. The van der Waals surface area contributed by atoms with E-state index in [4.69, 9.17) is 5.73 Å². The van der Waals surface area contributed by atoms with E-state index in [0.717, 1.165) is 12.2 Å².